The zero-order valence-electron chi connectivity index (χ0n) is 10.5. The number of nitrogens with zero attached hydrogens (tertiary/aromatic N) is 4. The molecule has 96 valence electrons. The first kappa shape index (κ1) is 13.0. The molecule has 0 amide bonds. The molecule has 0 fully saturated rings. The molecule has 0 unspecified atom stereocenters. The molecule has 0 saturated carbocycles. The zero-order valence-corrected chi connectivity index (χ0v) is 11.4. The average molecular weight is 265 g/mol. The summed E-state index contributed by atoms with van der Waals surface area (Å²) < 4.78 is 5.13. The Hall–Kier alpha value is -1.47. The predicted molar refractivity (Wildman–Crippen MR) is 67.8 cm³/mol. The number of aromatic nitrogens is 4. The van der Waals surface area contributed by atoms with Gasteiger partial charge in [-0.25, -0.2) is 9.97 Å². The van der Waals surface area contributed by atoms with E-state index in [1.54, 1.807) is 6.20 Å². The van der Waals surface area contributed by atoms with Gasteiger partial charge in [-0.05, 0) is 26.8 Å². The van der Waals surface area contributed by atoms with Crippen LogP contribution in [0.3, 0.4) is 0 Å². The maximum Gasteiger partial charge on any atom is 0.237 e. The second-order valence-electron chi connectivity index (χ2n) is 4.50. The molecule has 7 heteroatoms. The van der Waals surface area contributed by atoms with E-state index in [1.165, 1.54) is 11.8 Å². The summed E-state index contributed by atoms with van der Waals surface area (Å²) in [6, 6.07) is 1.85. The van der Waals surface area contributed by atoms with Gasteiger partial charge in [0, 0.05) is 11.9 Å². The molecule has 2 heterocycles. The number of aryl methyl sites for hydroxylation is 1. The highest BCUT2D eigenvalue weighted by molar-refractivity contribution is 7.98. The van der Waals surface area contributed by atoms with Crippen LogP contribution in [0.25, 0.3) is 0 Å². The summed E-state index contributed by atoms with van der Waals surface area (Å²) in [6.07, 6.45) is 1.73. The van der Waals surface area contributed by atoms with E-state index in [9.17, 15) is 0 Å². The van der Waals surface area contributed by atoms with Gasteiger partial charge in [-0.3, -0.25) is 0 Å². The Bertz CT molecular complexity index is 534. The van der Waals surface area contributed by atoms with E-state index < -0.39 is 5.54 Å². The topological polar surface area (TPSA) is 90.7 Å². The van der Waals surface area contributed by atoms with Gasteiger partial charge in [-0.2, -0.15) is 4.98 Å². The Kier molecular flexibility index (Phi) is 3.63. The second-order valence-corrected chi connectivity index (χ2v) is 5.45. The van der Waals surface area contributed by atoms with Crippen molar-refractivity contribution in [2.24, 2.45) is 5.73 Å². The summed E-state index contributed by atoms with van der Waals surface area (Å²) in [5.74, 6) is 1.56. The quantitative estimate of drug-likeness (QED) is 0.664. The molecule has 0 aliphatic rings. The molecule has 0 aromatic carbocycles. The molecular formula is C11H15N5OS. The van der Waals surface area contributed by atoms with Crippen molar-refractivity contribution in [3.63, 3.8) is 0 Å². The molecule has 0 spiro atoms. The first-order valence-corrected chi connectivity index (χ1v) is 6.48. The molecule has 0 bridgehead atoms. The van der Waals surface area contributed by atoms with Crippen LogP contribution in [-0.2, 0) is 11.3 Å². The maximum atomic E-state index is 5.88. The third kappa shape index (κ3) is 3.27. The first-order valence-electron chi connectivity index (χ1n) is 5.49. The Morgan fingerprint density at radius 3 is 2.78 bits per heavy atom. The van der Waals surface area contributed by atoms with Crippen LogP contribution >= 0.6 is 11.8 Å². The van der Waals surface area contributed by atoms with Crippen molar-refractivity contribution in [3.8, 4) is 0 Å². The average Bonchev–Trinajstić information content (AvgIpc) is 2.74. The lowest BCUT2D eigenvalue weighted by atomic mass is 10.1. The highest BCUT2D eigenvalue weighted by Crippen LogP contribution is 2.19. The third-order valence-corrected chi connectivity index (χ3v) is 2.99. The molecule has 6 nitrogen and oxygen atoms in total. The molecule has 2 N–H and O–H groups in total. The largest absolute Gasteiger partial charge is 0.338 e. The van der Waals surface area contributed by atoms with E-state index in [1.807, 2.05) is 26.8 Å². The highest BCUT2D eigenvalue weighted by Gasteiger charge is 2.21. The fraction of sp³-hybridized carbons (Fsp3) is 0.455. The third-order valence-electron chi connectivity index (χ3n) is 2.14. The number of hydrogen-bond donors (Lipinski definition) is 1. The fourth-order valence-corrected chi connectivity index (χ4v) is 1.91. The first-order chi connectivity index (χ1) is 8.45. The van der Waals surface area contributed by atoms with Crippen LogP contribution in [0.4, 0.5) is 0 Å². The number of hydrogen-bond acceptors (Lipinski definition) is 7. The molecule has 0 aliphatic heterocycles. The van der Waals surface area contributed by atoms with Gasteiger partial charge in [0.15, 0.2) is 11.0 Å². The lowest BCUT2D eigenvalue weighted by Crippen LogP contribution is -2.30. The standard InChI is InChI=1S/C11H15N5OS/c1-7-4-5-13-10(14-7)18-6-8-15-9(16-17-8)11(2,3)12/h4-5H,6,12H2,1-3H3. The molecule has 2 aromatic rings. The van der Waals surface area contributed by atoms with Gasteiger partial charge in [0.05, 0.1) is 11.3 Å². The van der Waals surface area contributed by atoms with E-state index in [4.69, 9.17) is 10.3 Å². The second kappa shape index (κ2) is 5.03. The molecule has 2 rings (SSSR count). The van der Waals surface area contributed by atoms with Crippen molar-refractivity contribution < 1.29 is 4.52 Å². The Morgan fingerprint density at radius 1 is 1.39 bits per heavy atom. The van der Waals surface area contributed by atoms with Gasteiger partial charge in [0.25, 0.3) is 0 Å². The molecule has 0 atom stereocenters. The lowest BCUT2D eigenvalue weighted by Gasteiger charge is -2.11. The Morgan fingerprint density at radius 2 is 2.17 bits per heavy atom. The van der Waals surface area contributed by atoms with Gasteiger partial charge in [0.2, 0.25) is 5.89 Å². The lowest BCUT2D eigenvalue weighted by molar-refractivity contribution is 0.369. The summed E-state index contributed by atoms with van der Waals surface area (Å²) in [5.41, 5.74) is 6.22. The summed E-state index contributed by atoms with van der Waals surface area (Å²) in [4.78, 5) is 12.7. The van der Waals surface area contributed by atoms with Crippen molar-refractivity contribution in [1.29, 1.82) is 0 Å². The van der Waals surface area contributed by atoms with Gasteiger partial charge in [-0.15, -0.1) is 0 Å². The van der Waals surface area contributed by atoms with Crippen LogP contribution in [0.15, 0.2) is 21.9 Å². The van der Waals surface area contributed by atoms with Crippen LogP contribution < -0.4 is 5.73 Å². The Labute approximate surface area is 109 Å². The molecule has 0 aliphatic carbocycles. The van der Waals surface area contributed by atoms with Crippen LogP contribution in [0.2, 0.25) is 0 Å². The van der Waals surface area contributed by atoms with Crippen molar-refractivity contribution in [1.82, 2.24) is 20.1 Å². The van der Waals surface area contributed by atoms with Gasteiger partial charge in [-0.1, -0.05) is 16.9 Å². The zero-order chi connectivity index (χ0) is 13.2. The van der Waals surface area contributed by atoms with Gasteiger partial charge < -0.3 is 10.3 Å². The Balaban J connectivity index is 2.01. The summed E-state index contributed by atoms with van der Waals surface area (Å²) in [6.45, 7) is 5.59. The van der Waals surface area contributed by atoms with Crippen LogP contribution in [-0.4, -0.2) is 20.1 Å². The van der Waals surface area contributed by atoms with Crippen LogP contribution in [0.1, 0.15) is 31.3 Å². The van der Waals surface area contributed by atoms with E-state index >= 15 is 0 Å². The van der Waals surface area contributed by atoms with E-state index in [2.05, 4.69) is 20.1 Å². The van der Waals surface area contributed by atoms with E-state index in [0.29, 0.717) is 22.6 Å². The monoisotopic (exact) mass is 265 g/mol. The molecular weight excluding hydrogens is 250 g/mol. The van der Waals surface area contributed by atoms with E-state index in [-0.39, 0.29) is 0 Å². The van der Waals surface area contributed by atoms with Crippen molar-refractivity contribution in [3.05, 3.63) is 29.7 Å². The smallest absolute Gasteiger partial charge is 0.237 e. The number of nitrogens with two attached hydrogens (primary N) is 1. The minimum Gasteiger partial charge on any atom is -0.338 e. The van der Waals surface area contributed by atoms with Crippen molar-refractivity contribution in [2.75, 3.05) is 0 Å². The fourth-order valence-electron chi connectivity index (χ4n) is 1.20. The molecule has 0 radical (unpaired) electrons. The summed E-state index contributed by atoms with van der Waals surface area (Å²) in [5, 5.41) is 4.55. The number of rotatable bonds is 4. The molecule has 0 saturated heterocycles. The van der Waals surface area contributed by atoms with Gasteiger partial charge >= 0.3 is 0 Å². The molecule has 2 aromatic heterocycles. The minimum atomic E-state index is -0.591. The minimum absolute atomic E-state index is 0.503. The summed E-state index contributed by atoms with van der Waals surface area (Å²) >= 11 is 1.45. The van der Waals surface area contributed by atoms with Crippen LogP contribution in [0, 0.1) is 6.92 Å². The maximum absolute atomic E-state index is 5.88. The van der Waals surface area contributed by atoms with Gasteiger partial charge in [0.1, 0.15) is 0 Å². The highest BCUT2D eigenvalue weighted by atomic mass is 32.2. The van der Waals surface area contributed by atoms with Crippen LogP contribution in [0.5, 0.6) is 0 Å². The normalized spacial score (nSPS) is 11.8. The van der Waals surface area contributed by atoms with Crippen molar-refractivity contribution in [2.45, 2.75) is 37.2 Å². The van der Waals surface area contributed by atoms with Crippen molar-refractivity contribution >= 4 is 11.8 Å². The number of thioether (sulfide) groups is 1. The summed E-state index contributed by atoms with van der Waals surface area (Å²) in [7, 11) is 0. The SMILES string of the molecule is Cc1ccnc(SCc2nc(C(C)(C)N)no2)n1. The predicted octanol–water partition coefficient (Wildman–Crippen LogP) is 1.65. The molecule has 18 heavy (non-hydrogen) atoms. The van der Waals surface area contributed by atoms with E-state index in [0.717, 1.165) is 5.69 Å².